The summed E-state index contributed by atoms with van der Waals surface area (Å²) in [6.45, 7) is 4.00. The minimum Gasteiger partial charge on any atom is -0.497 e. The molecule has 1 nitrogen and oxygen atoms in total. The highest BCUT2D eigenvalue weighted by Crippen LogP contribution is 2.09. The van der Waals surface area contributed by atoms with Gasteiger partial charge in [0.1, 0.15) is 5.75 Å². The molecular weight excluding hydrogens is 148 g/mol. The highest BCUT2D eigenvalue weighted by molar-refractivity contribution is 5.36. The largest absolute Gasteiger partial charge is 0.497 e. The van der Waals surface area contributed by atoms with Gasteiger partial charge in [0.05, 0.1) is 7.11 Å². The van der Waals surface area contributed by atoms with Crippen molar-refractivity contribution in [1.82, 2.24) is 0 Å². The Morgan fingerprint density at radius 3 is 2.00 bits per heavy atom. The number of hydrogen-bond donors (Lipinski definition) is 0. The fourth-order valence-corrected chi connectivity index (χ4v) is 0.687. The molecule has 0 fully saturated rings. The molecule has 0 unspecified atom stereocenters. The van der Waals surface area contributed by atoms with Crippen LogP contribution in [0.2, 0.25) is 0 Å². The van der Waals surface area contributed by atoms with Crippen molar-refractivity contribution in [2.45, 2.75) is 13.8 Å². The van der Waals surface area contributed by atoms with Crippen LogP contribution in [-0.4, -0.2) is 7.11 Å². The van der Waals surface area contributed by atoms with E-state index in [4.69, 9.17) is 11.2 Å². The van der Waals surface area contributed by atoms with Gasteiger partial charge in [0, 0.05) is 5.56 Å². The van der Waals surface area contributed by atoms with Crippen LogP contribution >= 0.6 is 0 Å². The number of benzene rings is 1. The van der Waals surface area contributed by atoms with E-state index in [0.29, 0.717) is 0 Å². The third kappa shape index (κ3) is 3.12. The molecule has 0 saturated carbocycles. The Kier molecular flexibility index (Phi) is 5.55. The first-order valence-corrected chi connectivity index (χ1v) is 3.97. The van der Waals surface area contributed by atoms with E-state index in [1.165, 1.54) is 0 Å². The zero-order valence-electron chi connectivity index (χ0n) is 7.79. The maximum Gasteiger partial charge on any atom is 0.118 e. The zero-order valence-corrected chi connectivity index (χ0v) is 7.79. The van der Waals surface area contributed by atoms with Crippen LogP contribution in [0.4, 0.5) is 0 Å². The zero-order chi connectivity index (χ0) is 9.40. The first kappa shape index (κ1) is 10.6. The smallest absolute Gasteiger partial charge is 0.118 e. The second-order valence-electron chi connectivity index (χ2n) is 1.87. The second kappa shape index (κ2) is 6.30. The second-order valence-corrected chi connectivity index (χ2v) is 1.87. The van der Waals surface area contributed by atoms with Gasteiger partial charge in [0.2, 0.25) is 0 Å². The quantitative estimate of drug-likeness (QED) is 0.577. The summed E-state index contributed by atoms with van der Waals surface area (Å²) in [4.78, 5) is 0. The van der Waals surface area contributed by atoms with E-state index >= 15 is 0 Å². The van der Waals surface area contributed by atoms with Gasteiger partial charge < -0.3 is 4.74 Å². The fourth-order valence-electron chi connectivity index (χ4n) is 0.687. The predicted molar refractivity (Wildman–Crippen MR) is 52.3 cm³/mol. The van der Waals surface area contributed by atoms with Crippen LogP contribution in [0.3, 0.4) is 0 Å². The summed E-state index contributed by atoms with van der Waals surface area (Å²) in [5.74, 6) is 3.36. The molecule has 1 aromatic carbocycles. The highest BCUT2D eigenvalue weighted by atomic mass is 16.5. The van der Waals surface area contributed by atoms with E-state index < -0.39 is 0 Å². The van der Waals surface area contributed by atoms with Gasteiger partial charge in [-0.2, -0.15) is 0 Å². The molecule has 0 saturated heterocycles. The van der Waals surface area contributed by atoms with Crippen molar-refractivity contribution in [3.8, 4) is 18.1 Å². The standard InChI is InChI=1S/C9H8O.C2H6/c1-3-8-4-6-9(10-2)7-5-8;1-2/h1,4-7H,2H3;1-2H3. The fraction of sp³-hybridized carbons (Fsp3) is 0.273. The Morgan fingerprint density at radius 1 is 1.17 bits per heavy atom. The molecule has 1 aromatic rings. The van der Waals surface area contributed by atoms with Crippen molar-refractivity contribution < 1.29 is 4.74 Å². The molecule has 0 aliphatic rings. The monoisotopic (exact) mass is 162 g/mol. The molecular formula is C11H14O. The van der Waals surface area contributed by atoms with Gasteiger partial charge in [-0.15, -0.1) is 6.42 Å². The van der Waals surface area contributed by atoms with E-state index in [-0.39, 0.29) is 0 Å². The Hall–Kier alpha value is -1.42. The highest BCUT2D eigenvalue weighted by Gasteiger charge is 1.87. The first-order valence-electron chi connectivity index (χ1n) is 3.97. The van der Waals surface area contributed by atoms with Gasteiger partial charge in [-0.05, 0) is 24.3 Å². The van der Waals surface area contributed by atoms with E-state index in [1.807, 2.05) is 38.1 Å². The van der Waals surface area contributed by atoms with Gasteiger partial charge in [0.25, 0.3) is 0 Å². The summed E-state index contributed by atoms with van der Waals surface area (Å²) in [7, 11) is 1.63. The summed E-state index contributed by atoms with van der Waals surface area (Å²) in [5.41, 5.74) is 0.876. The summed E-state index contributed by atoms with van der Waals surface area (Å²) in [6.07, 6.45) is 5.15. The van der Waals surface area contributed by atoms with Crippen molar-refractivity contribution >= 4 is 0 Å². The van der Waals surface area contributed by atoms with Gasteiger partial charge in [-0.3, -0.25) is 0 Å². The third-order valence-corrected chi connectivity index (χ3v) is 1.26. The number of hydrogen-bond acceptors (Lipinski definition) is 1. The average molecular weight is 162 g/mol. The van der Waals surface area contributed by atoms with Crippen LogP contribution in [0.15, 0.2) is 24.3 Å². The lowest BCUT2D eigenvalue weighted by Crippen LogP contribution is -1.81. The number of terminal acetylenes is 1. The Bertz CT molecular complexity index is 241. The topological polar surface area (TPSA) is 9.23 Å². The lowest BCUT2D eigenvalue weighted by atomic mass is 10.2. The summed E-state index contributed by atoms with van der Waals surface area (Å²) < 4.78 is 4.95. The van der Waals surface area contributed by atoms with Crippen LogP contribution in [0.1, 0.15) is 19.4 Å². The molecule has 64 valence electrons. The average Bonchev–Trinajstić information content (AvgIpc) is 2.21. The third-order valence-electron chi connectivity index (χ3n) is 1.26. The predicted octanol–water partition coefficient (Wildman–Crippen LogP) is 2.70. The molecule has 0 N–H and O–H groups in total. The molecule has 0 atom stereocenters. The lowest BCUT2D eigenvalue weighted by Gasteiger charge is -1.96. The van der Waals surface area contributed by atoms with Crippen LogP contribution < -0.4 is 4.74 Å². The molecule has 0 aliphatic carbocycles. The lowest BCUT2D eigenvalue weighted by molar-refractivity contribution is 0.415. The molecule has 0 aliphatic heterocycles. The van der Waals surface area contributed by atoms with Crippen LogP contribution in [0.5, 0.6) is 5.75 Å². The molecule has 0 heterocycles. The van der Waals surface area contributed by atoms with Crippen molar-refractivity contribution in [3.63, 3.8) is 0 Å². The van der Waals surface area contributed by atoms with Crippen molar-refractivity contribution in [3.05, 3.63) is 29.8 Å². The summed E-state index contributed by atoms with van der Waals surface area (Å²) in [5, 5.41) is 0. The number of rotatable bonds is 1. The van der Waals surface area contributed by atoms with Gasteiger partial charge >= 0.3 is 0 Å². The SMILES string of the molecule is C#Cc1ccc(OC)cc1.CC. The summed E-state index contributed by atoms with van der Waals surface area (Å²) >= 11 is 0. The van der Waals surface area contributed by atoms with Crippen molar-refractivity contribution in [1.29, 1.82) is 0 Å². The Balaban J connectivity index is 0.000000561. The van der Waals surface area contributed by atoms with Gasteiger partial charge in [-0.25, -0.2) is 0 Å². The minimum atomic E-state index is 0.832. The molecule has 0 spiro atoms. The van der Waals surface area contributed by atoms with Gasteiger partial charge in [0.15, 0.2) is 0 Å². The van der Waals surface area contributed by atoms with Crippen LogP contribution in [0.25, 0.3) is 0 Å². The first-order chi connectivity index (χ1) is 5.86. The van der Waals surface area contributed by atoms with Crippen molar-refractivity contribution in [2.24, 2.45) is 0 Å². The molecule has 1 heteroatoms. The van der Waals surface area contributed by atoms with E-state index in [1.54, 1.807) is 7.11 Å². The summed E-state index contributed by atoms with van der Waals surface area (Å²) in [6, 6.07) is 7.38. The van der Waals surface area contributed by atoms with Crippen LogP contribution in [-0.2, 0) is 0 Å². The molecule has 1 rings (SSSR count). The van der Waals surface area contributed by atoms with E-state index in [0.717, 1.165) is 11.3 Å². The number of ether oxygens (including phenoxy) is 1. The Morgan fingerprint density at radius 2 is 1.67 bits per heavy atom. The Labute approximate surface area is 74.4 Å². The molecule has 0 amide bonds. The molecule has 12 heavy (non-hydrogen) atoms. The van der Waals surface area contributed by atoms with Crippen molar-refractivity contribution in [2.75, 3.05) is 7.11 Å². The van der Waals surface area contributed by atoms with Gasteiger partial charge in [-0.1, -0.05) is 19.8 Å². The molecule has 0 bridgehead atoms. The van der Waals surface area contributed by atoms with E-state index in [9.17, 15) is 0 Å². The molecule has 0 radical (unpaired) electrons. The van der Waals surface area contributed by atoms with E-state index in [2.05, 4.69) is 5.92 Å². The number of methoxy groups -OCH3 is 1. The maximum atomic E-state index is 5.15. The molecule has 0 aromatic heterocycles. The minimum absolute atomic E-state index is 0.832. The van der Waals surface area contributed by atoms with Crippen LogP contribution in [0, 0.1) is 12.3 Å². The maximum absolute atomic E-state index is 5.15. The normalized spacial score (nSPS) is 7.50.